The van der Waals surface area contributed by atoms with Gasteiger partial charge in [-0.1, -0.05) is 19.3 Å². The highest BCUT2D eigenvalue weighted by molar-refractivity contribution is 5.95. The van der Waals surface area contributed by atoms with Gasteiger partial charge in [0.25, 0.3) is 5.91 Å². The Morgan fingerprint density at radius 1 is 1.00 bits per heavy atom. The molecule has 0 spiro atoms. The van der Waals surface area contributed by atoms with Gasteiger partial charge in [-0.15, -0.1) is 0 Å². The molecule has 142 valence electrons. The van der Waals surface area contributed by atoms with Crippen LogP contribution in [-0.4, -0.2) is 47.9 Å². The maximum Gasteiger partial charge on any atom is 0.349 e. The van der Waals surface area contributed by atoms with E-state index in [1.54, 1.807) is 0 Å². The number of hydrogen-bond acceptors (Lipinski definition) is 4. The average molecular weight is 358 g/mol. The summed E-state index contributed by atoms with van der Waals surface area (Å²) in [4.78, 5) is 30.0. The Morgan fingerprint density at radius 2 is 1.77 bits per heavy atom. The molecule has 0 bridgehead atoms. The van der Waals surface area contributed by atoms with Crippen LogP contribution in [0.15, 0.2) is 15.3 Å². The molecule has 5 nitrogen and oxygen atoms in total. The maximum atomic E-state index is 13.0. The van der Waals surface area contributed by atoms with E-state index in [9.17, 15) is 9.59 Å². The summed E-state index contributed by atoms with van der Waals surface area (Å²) < 4.78 is 5.53. The standard InChI is InChI=1S/C21H30N2O3/c1-15-14-18(16-6-4-7-16)26-21(25)19(15)20(24)23-11-5-10-22(12-13-23)17-8-2-3-9-17/h14,16-17H,2-13H2,1H3. The van der Waals surface area contributed by atoms with E-state index in [0.29, 0.717) is 18.5 Å². The molecule has 0 N–H and O–H groups in total. The number of aryl methyl sites for hydroxylation is 1. The van der Waals surface area contributed by atoms with Crippen molar-refractivity contribution in [2.75, 3.05) is 26.2 Å². The van der Waals surface area contributed by atoms with Gasteiger partial charge < -0.3 is 9.32 Å². The van der Waals surface area contributed by atoms with E-state index < -0.39 is 5.63 Å². The Kier molecular flexibility index (Phi) is 5.16. The zero-order valence-electron chi connectivity index (χ0n) is 15.8. The van der Waals surface area contributed by atoms with Crippen LogP contribution in [0.2, 0.25) is 0 Å². The van der Waals surface area contributed by atoms with Gasteiger partial charge in [-0.05, 0) is 50.7 Å². The highest BCUT2D eigenvalue weighted by Gasteiger charge is 2.29. The van der Waals surface area contributed by atoms with E-state index in [1.807, 2.05) is 17.9 Å². The lowest BCUT2D eigenvalue weighted by atomic mass is 9.83. The van der Waals surface area contributed by atoms with E-state index in [2.05, 4.69) is 4.90 Å². The van der Waals surface area contributed by atoms with Crippen LogP contribution in [0.3, 0.4) is 0 Å². The average Bonchev–Trinajstić information content (AvgIpc) is 2.97. The fourth-order valence-electron chi connectivity index (χ4n) is 4.72. The molecule has 0 aromatic carbocycles. The third-order valence-electron chi connectivity index (χ3n) is 6.55. The van der Waals surface area contributed by atoms with Crippen LogP contribution in [0, 0.1) is 6.92 Å². The molecule has 1 aromatic heterocycles. The second kappa shape index (κ2) is 7.55. The monoisotopic (exact) mass is 358 g/mol. The Morgan fingerprint density at radius 3 is 2.42 bits per heavy atom. The van der Waals surface area contributed by atoms with E-state index >= 15 is 0 Å². The molecule has 5 heteroatoms. The number of carbonyl (C=O) groups excluding carboxylic acids is 1. The Labute approximate surface area is 155 Å². The first-order chi connectivity index (χ1) is 12.6. The molecule has 0 radical (unpaired) electrons. The summed E-state index contributed by atoms with van der Waals surface area (Å²) in [5.74, 6) is 0.979. The molecular weight excluding hydrogens is 328 g/mol. The number of rotatable bonds is 3. The first-order valence-corrected chi connectivity index (χ1v) is 10.3. The van der Waals surface area contributed by atoms with Crippen LogP contribution in [0.5, 0.6) is 0 Å². The lowest BCUT2D eigenvalue weighted by Crippen LogP contribution is -2.39. The zero-order valence-corrected chi connectivity index (χ0v) is 15.8. The van der Waals surface area contributed by atoms with Crippen LogP contribution in [-0.2, 0) is 0 Å². The van der Waals surface area contributed by atoms with Crippen molar-refractivity contribution < 1.29 is 9.21 Å². The Balaban J connectivity index is 1.47. The predicted octanol–water partition coefficient (Wildman–Crippen LogP) is 3.31. The van der Waals surface area contributed by atoms with Crippen molar-refractivity contribution >= 4 is 5.91 Å². The van der Waals surface area contributed by atoms with Crippen LogP contribution in [0.25, 0.3) is 0 Å². The second-order valence-corrected chi connectivity index (χ2v) is 8.24. The van der Waals surface area contributed by atoms with Gasteiger partial charge >= 0.3 is 5.63 Å². The molecule has 2 heterocycles. The van der Waals surface area contributed by atoms with Crippen LogP contribution < -0.4 is 5.63 Å². The molecular formula is C21H30N2O3. The van der Waals surface area contributed by atoms with E-state index in [0.717, 1.165) is 50.2 Å². The number of hydrogen-bond donors (Lipinski definition) is 0. The summed E-state index contributed by atoms with van der Waals surface area (Å²) in [6, 6.07) is 2.61. The van der Waals surface area contributed by atoms with Crippen LogP contribution in [0.4, 0.5) is 0 Å². The topological polar surface area (TPSA) is 53.8 Å². The third kappa shape index (κ3) is 3.46. The molecule has 1 saturated heterocycles. The minimum absolute atomic E-state index is 0.148. The van der Waals surface area contributed by atoms with E-state index in [4.69, 9.17) is 4.42 Å². The Hall–Kier alpha value is -1.62. The van der Waals surface area contributed by atoms with Gasteiger partial charge in [0.2, 0.25) is 0 Å². The predicted molar refractivity (Wildman–Crippen MR) is 101 cm³/mol. The molecule has 1 aromatic rings. The largest absolute Gasteiger partial charge is 0.427 e. The fourth-order valence-corrected chi connectivity index (χ4v) is 4.72. The van der Waals surface area contributed by atoms with Crippen LogP contribution in [0.1, 0.15) is 79.0 Å². The summed E-state index contributed by atoms with van der Waals surface area (Å²) in [6.07, 6.45) is 9.58. The molecule has 1 aliphatic heterocycles. The van der Waals surface area contributed by atoms with Crippen molar-refractivity contribution in [1.29, 1.82) is 0 Å². The molecule has 1 amide bonds. The van der Waals surface area contributed by atoms with Crippen molar-refractivity contribution in [2.45, 2.75) is 70.3 Å². The third-order valence-corrected chi connectivity index (χ3v) is 6.55. The number of carbonyl (C=O) groups is 1. The lowest BCUT2D eigenvalue weighted by Gasteiger charge is -2.27. The van der Waals surface area contributed by atoms with Crippen molar-refractivity contribution in [3.05, 3.63) is 33.4 Å². The normalized spacial score (nSPS) is 23.0. The molecule has 2 aliphatic carbocycles. The lowest BCUT2D eigenvalue weighted by molar-refractivity contribution is 0.0752. The van der Waals surface area contributed by atoms with Crippen molar-refractivity contribution in [3.63, 3.8) is 0 Å². The Bertz CT molecular complexity index is 716. The van der Waals surface area contributed by atoms with Gasteiger partial charge in [0.15, 0.2) is 0 Å². The first-order valence-electron chi connectivity index (χ1n) is 10.3. The van der Waals surface area contributed by atoms with Crippen molar-refractivity contribution in [1.82, 2.24) is 9.80 Å². The summed E-state index contributed by atoms with van der Waals surface area (Å²) in [7, 11) is 0. The van der Waals surface area contributed by atoms with Gasteiger partial charge in [0.1, 0.15) is 11.3 Å². The number of amides is 1. The summed E-state index contributed by atoms with van der Waals surface area (Å²) in [5.41, 5.74) is 0.557. The van der Waals surface area contributed by atoms with Crippen molar-refractivity contribution in [3.8, 4) is 0 Å². The second-order valence-electron chi connectivity index (χ2n) is 8.24. The summed E-state index contributed by atoms with van der Waals surface area (Å²) in [6.45, 7) is 5.28. The van der Waals surface area contributed by atoms with Crippen molar-refractivity contribution in [2.24, 2.45) is 0 Å². The molecule has 4 rings (SSSR count). The molecule has 3 aliphatic rings. The minimum Gasteiger partial charge on any atom is -0.427 e. The SMILES string of the molecule is Cc1cc(C2CCC2)oc(=O)c1C(=O)N1CCCN(C2CCCC2)CC1. The zero-order chi connectivity index (χ0) is 18.1. The summed E-state index contributed by atoms with van der Waals surface area (Å²) in [5, 5.41) is 0. The van der Waals surface area contributed by atoms with Gasteiger partial charge in [-0.2, -0.15) is 0 Å². The summed E-state index contributed by atoms with van der Waals surface area (Å²) >= 11 is 0. The number of nitrogens with zero attached hydrogens (tertiary/aromatic N) is 2. The molecule has 3 fully saturated rings. The fraction of sp³-hybridized carbons (Fsp3) is 0.714. The quantitative estimate of drug-likeness (QED) is 0.832. The first kappa shape index (κ1) is 17.8. The highest BCUT2D eigenvalue weighted by Crippen LogP contribution is 2.36. The molecule has 2 saturated carbocycles. The molecule has 0 unspecified atom stereocenters. The molecule has 26 heavy (non-hydrogen) atoms. The van der Waals surface area contributed by atoms with Gasteiger partial charge in [-0.3, -0.25) is 9.69 Å². The minimum atomic E-state index is -0.450. The van der Waals surface area contributed by atoms with Gasteiger partial charge in [0, 0.05) is 38.1 Å². The highest BCUT2D eigenvalue weighted by atomic mass is 16.4. The molecule has 0 atom stereocenters. The smallest absolute Gasteiger partial charge is 0.349 e. The van der Waals surface area contributed by atoms with Gasteiger partial charge in [0.05, 0.1) is 0 Å². The van der Waals surface area contributed by atoms with Crippen LogP contribution >= 0.6 is 0 Å². The van der Waals surface area contributed by atoms with E-state index in [-0.39, 0.29) is 11.5 Å². The van der Waals surface area contributed by atoms with Gasteiger partial charge in [-0.25, -0.2) is 4.79 Å². The maximum absolute atomic E-state index is 13.0. The van der Waals surface area contributed by atoms with E-state index in [1.165, 1.54) is 32.1 Å².